The van der Waals surface area contributed by atoms with Crippen molar-refractivity contribution >= 4 is 55.9 Å². The Morgan fingerprint density at radius 3 is 2.44 bits per heavy atom. The van der Waals surface area contributed by atoms with E-state index in [0.717, 1.165) is 31.5 Å². The van der Waals surface area contributed by atoms with Crippen molar-refractivity contribution in [3.63, 3.8) is 0 Å². The summed E-state index contributed by atoms with van der Waals surface area (Å²) >= 11 is 4.73. The fourth-order valence-corrected chi connectivity index (χ4v) is 5.01. The van der Waals surface area contributed by atoms with Crippen molar-refractivity contribution in [2.75, 3.05) is 6.61 Å². The lowest BCUT2D eigenvalue weighted by atomic mass is 10.1. The van der Waals surface area contributed by atoms with Crippen molar-refractivity contribution < 1.29 is 24.2 Å². The lowest BCUT2D eigenvalue weighted by Crippen LogP contribution is -2.07. The number of rotatable bonds is 7. The van der Waals surface area contributed by atoms with Crippen LogP contribution in [0.15, 0.2) is 58.4 Å². The maximum Gasteiger partial charge on any atom is 0.335 e. The molecular formula is C24H18BrNO5S. The largest absolute Gasteiger partial charge is 0.478 e. The Bertz CT molecular complexity index is 1340. The molecule has 0 aliphatic heterocycles. The number of carbonyl (C=O) groups is 3. The van der Waals surface area contributed by atoms with Gasteiger partial charge in [0.1, 0.15) is 0 Å². The molecule has 0 aliphatic rings. The van der Waals surface area contributed by atoms with Gasteiger partial charge in [-0.1, -0.05) is 24.3 Å². The molecule has 2 N–H and O–H groups in total. The summed E-state index contributed by atoms with van der Waals surface area (Å²) in [5.74, 6) is -1.43. The molecule has 0 bridgehead atoms. The number of aromatic nitrogens is 1. The summed E-state index contributed by atoms with van der Waals surface area (Å²) in [6, 6.07) is 15.7. The van der Waals surface area contributed by atoms with Crippen LogP contribution in [-0.2, 0) is 16.0 Å². The number of benzene rings is 2. The SMILES string of the molecule is CCOC(=O)Cc1cc(C(=O)c2ccc3cc(-c4ccc(C(=O)O)cc4)[nH]c3c2)sc1Br. The lowest BCUT2D eigenvalue weighted by Gasteiger charge is -2.00. The Labute approximate surface area is 196 Å². The smallest absolute Gasteiger partial charge is 0.335 e. The number of carbonyl (C=O) groups excluding carboxylic acids is 2. The molecule has 162 valence electrons. The van der Waals surface area contributed by atoms with E-state index < -0.39 is 5.97 Å². The van der Waals surface area contributed by atoms with E-state index in [1.165, 1.54) is 11.3 Å². The predicted molar refractivity (Wildman–Crippen MR) is 126 cm³/mol. The second-order valence-corrected chi connectivity index (χ2v) is 9.46. The Balaban J connectivity index is 1.59. The second kappa shape index (κ2) is 9.10. The number of aromatic carboxylic acids is 1. The molecule has 8 heteroatoms. The number of carboxylic acids is 1. The molecule has 0 fully saturated rings. The fourth-order valence-electron chi connectivity index (χ4n) is 3.36. The first-order valence-corrected chi connectivity index (χ1v) is 11.4. The molecule has 0 radical (unpaired) electrons. The predicted octanol–water partition coefficient (Wildman–Crippen LogP) is 5.69. The van der Waals surface area contributed by atoms with Gasteiger partial charge in [-0.2, -0.15) is 0 Å². The van der Waals surface area contributed by atoms with E-state index in [0.29, 0.717) is 17.0 Å². The highest BCUT2D eigenvalue weighted by atomic mass is 79.9. The van der Waals surface area contributed by atoms with E-state index in [4.69, 9.17) is 9.84 Å². The molecule has 2 aromatic heterocycles. The summed E-state index contributed by atoms with van der Waals surface area (Å²) in [4.78, 5) is 39.7. The maximum absolute atomic E-state index is 13.0. The molecule has 0 saturated carbocycles. The number of thiophene rings is 1. The van der Waals surface area contributed by atoms with Gasteiger partial charge in [0.25, 0.3) is 0 Å². The molecule has 4 aromatic rings. The van der Waals surface area contributed by atoms with Crippen molar-refractivity contribution in [3.05, 3.63) is 80.0 Å². The highest BCUT2D eigenvalue weighted by Gasteiger charge is 2.18. The van der Waals surface area contributed by atoms with Crippen LogP contribution in [0.4, 0.5) is 0 Å². The number of hydrogen-bond acceptors (Lipinski definition) is 5. The van der Waals surface area contributed by atoms with Crippen LogP contribution in [-0.4, -0.2) is 34.4 Å². The van der Waals surface area contributed by atoms with Crippen molar-refractivity contribution in [1.29, 1.82) is 0 Å². The molecule has 0 atom stereocenters. The summed E-state index contributed by atoms with van der Waals surface area (Å²) < 4.78 is 5.73. The topological polar surface area (TPSA) is 96.5 Å². The molecule has 6 nitrogen and oxygen atoms in total. The minimum absolute atomic E-state index is 0.109. The number of ketones is 1. The summed E-state index contributed by atoms with van der Waals surface area (Å²) in [5, 5.41) is 10.00. The quantitative estimate of drug-likeness (QED) is 0.245. The molecule has 32 heavy (non-hydrogen) atoms. The first kappa shape index (κ1) is 22.0. The van der Waals surface area contributed by atoms with Gasteiger partial charge in [-0.05, 0) is 64.3 Å². The number of fused-ring (bicyclic) bond motifs is 1. The Morgan fingerprint density at radius 2 is 1.75 bits per heavy atom. The zero-order chi connectivity index (χ0) is 22.8. The van der Waals surface area contributed by atoms with Gasteiger partial charge in [-0.3, -0.25) is 9.59 Å². The third-order valence-corrected chi connectivity index (χ3v) is 6.91. The highest BCUT2D eigenvalue weighted by Crippen LogP contribution is 2.31. The molecule has 0 unspecified atom stereocenters. The fraction of sp³-hybridized carbons (Fsp3) is 0.125. The highest BCUT2D eigenvalue weighted by molar-refractivity contribution is 9.11. The van der Waals surface area contributed by atoms with Crippen LogP contribution in [0.3, 0.4) is 0 Å². The van der Waals surface area contributed by atoms with Gasteiger partial charge in [0, 0.05) is 22.2 Å². The van der Waals surface area contributed by atoms with E-state index in [9.17, 15) is 14.4 Å². The zero-order valence-corrected chi connectivity index (χ0v) is 19.4. The summed E-state index contributed by atoms with van der Waals surface area (Å²) in [7, 11) is 0. The monoisotopic (exact) mass is 511 g/mol. The van der Waals surface area contributed by atoms with Gasteiger partial charge >= 0.3 is 11.9 Å². The third kappa shape index (κ3) is 4.51. The van der Waals surface area contributed by atoms with Gasteiger partial charge in [0.05, 0.1) is 27.3 Å². The van der Waals surface area contributed by atoms with E-state index >= 15 is 0 Å². The van der Waals surface area contributed by atoms with Crippen LogP contribution >= 0.6 is 27.3 Å². The number of hydrogen-bond donors (Lipinski definition) is 2. The number of aromatic amines is 1. The molecule has 0 saturated heterocycles. The minimum Gasteiger partial charge on any atom is -0.478 e. The Kier molecular flexibility index (Phi) is 6.25. The normalized spacial score (nSPS) is 10.9. The lowest BCUT2D eigenvalue weighted by molar-refractivity contribution is -0.142. The Morgan fingerprint density at radius 1 is 1.03 bits per heavy atom. The van der Waals surface area contributed by atoms with E-state index in [1.54, 1.807) is 49.4 Å². The zero-order valence-electron chi connectivity index (χ0n) is 17.0. The molecule has 4 rings (SSSR count). The third-order valence-electron chi connectivity index (χ3n) is 4.95. The Hall–Kier alpha value is -3.23. The number of halogens is 1. The molecular weight excluding hydrogens is 494 g/mol. The van der Waals surface area contributed by atoms with Gasteiger partial charge in [0.2, 0.25) is 5.78 Å². The van der Waals surface area contributed by atoms with Gasteiger partial charge in [-0.15, -0.1) is 11.3 Å². The van der Waals surface area contributed by atoms with Crippen LogP contribution in [0.1, 0.15) is 38.1 Å². The van der Waals surface area contributed by atoms with Crippen molar-refractivity contribution in [3.8, 4) is 11.3 Å². The molecule has 0 spiro atoms. The van der Waals surface area contributed by atoms with Gasteiger partial charge in [0.15, 0.2) is 0 Å². The first-order chi connectivity index (χ1) is 15.4. The van der Waals surface area contributed by atoms with Crippen molar-refractivity contribution in [1.82, 2.24) is 4.98 Å². The number of ether oxygens (including phenoxy) is 1. The average Bonchev–Trinajstić information content (AvgIpc) is 3.36. The molecule has 0 amide bonds. The number of nitrogens with one attached hydrogen (secondary N) is 1. The second-order valence-electron chi connectivity index (χ2n) is 7.09. The van der Waals surface area contributed by atoms with E-state index in [-0.39, 0.29) is 23.7 Å². The molecule has 0 aliphatic carbocycles. The van der Waals surface area contributed by atoms with Gasteiger partial charge in [-0.25, -0.2) is 4.79 Å². The van der Waals surface area contributed by atoms with Gasteiger partial charge < -0.3 is 14.8 Å². The van der Waals surface area contributed by atoms with Crippen LogP contribution in [0.25, 0.3) is 22.2 Å². The van der Waals surface area contributed by atoms with Crippen LogP contribution < -0.4 is 0 Å². The number of esters is 1. The number of H-pyrrole nitrogens is 1. The average molecular weight is 512 g/mol. The van der Waals surface area contributed by atoms with Crippen LogP contribution in [0, 0.1) is 0 Å². The van der Waals surface area contributed by atoms with Crippen LogP contribution in [0.5, 0.6) is 0 Å². The van der Waals surface area contributed by atoms with Crippen molar-refractivity contribution in [2.45, 2.75) is 13.3 Å². The molecule has 2 heterocycles. The summed E-state index contributed by atoms with van der Waals surface area (Å²) in [6.45, 7) is 2.07. The van der Waals surface area contributed by atoms with Crippen molar-refractivity contribution in [2.24, 2.45) is 0 Å². The van der Waals surface area contributed by atoms with Crippen LogP contribution in [0.2, 0.25) is 0 Å². The van der Waals surface area contributed by atoms with E-state index in [2.05, 4.69) is 20.9 Å². The first-order valence-electron chi connectivity index (χ1n) is 9.80. The molecule has 2 aromatic carbocycles. The summed E-state index contributed by atoms with van der Waals surface area (Å²) in [6.07, 6.45) is 0.109. The maximum atomic E-state index is 13.0. The minimum atomic E-state index is -0.970. The standard InChI is InChI=1S/C24H18BrNO5S/c1-2-31-21(27)12-17-11-20(32-23(17)25)22(28)16-8-7-15-9-18(26-19(15)10-16)13-3-5-14(6-4-13)24(29)30/h3-11,26H,2,12H2,1H3,(H,29,30). The summed E-state index contributed by atoms with van der Waals surface area (Å²) in [5.41, 5.74) is 3.97. The number of carboxylic acid groups (broad SMARTS) is 1. The van der Waals surface area contributed by atoms with E-state index in [1.807, 2.05) is 12.1 Å².